The Morgan fingerprint density at radius 2 is 1.75 bits per heavy atom. The number of carbonyl (C=O) groups is 2. The maximum Gasteiger partial charge on any atom is 0.318 e. The summed E-state index contributed by atoms with van der Waals surface area (Å²) in [5.41, 5.74) is 1.84. The van der Waals surface area contributed by atoms with E-state index in [1.807, 2.05) is 48.5 Å². The van der Waals surface area contributed by atoms with Gasteiger partial charge in [0.2, 0.25) is 5.91 Å². The standard InChI is InChI=1S/C24H27ClN4O3/c25-21-9-5-4-8-19(21)16-22(28-24(31)29-12-14-32-15-13-29)23(30)27-20(17-26)11-10-18-6-2-1-3-7-18/h1-9,20,22H,10-16H2,(H,27,30)(H,28,31). The second kappa shape index (κ2) is 12.1. The summed E-state index contributed by atoms with van der Waals surface area (Å²) in [6, 6.07) is 17.3. The van der Waals surface area contributed by atoms with Crippen molar-refractivity contribution >= 4 is 23.5 Å². The molecule has 2 aromatic rings. The largest absolute Gasteiger partial charge is 0.378 e. The number of rotatable bonds is 8. The Kier molecular flexibility index (Phi) is 8.90. The van der Waals surface area contributed by atoms with Crippen molar-refractivity contribution in [3.05, 3.63) is 70.7 Å². The molecule has 2 atom stereocenters. The van der Waals surface area contributed by atoms with Crippen LogP contribution in [0, 0.1) is 11.3 Å². The van der Waals surface area contributed by atoms with Crippen LogP contribution in [0.25, 0.3) is 0 Å². The first-order valence-corrected chi connectivity index (χ1v) is 11.0. The second-order valence-electron chi connectivity index (χ2n) is 7.61. The van der Waals surface area contributed by atoms with Gasteiger partial charge in [-0.25, -0.2) is 4.79 Å². The van der Waals surface area contributed by atoms with E-state index in [1.165, 1.54) is 0 Å². The van der Waals surface area contributed by atoms with E-state index in [0.29, 0.717) is 44.2 Å². The molecule has 2 N–H and O–H groups in total. The van der Waals surface area contributed by atoms with E-state index in [0.717, 1.165) is 11.1 Å². The van der Waals surface area contributed by atoms with Crippen LogP contribution >= 0.6 is 11.6 Å². The Morgan fingerprint density at radius 3 is 2.44 bits per heavy atom. The van der Waals surface area contributed by atoms with Gasteiger partial charge in [-0.3, -0.25) is 4.79 Å². The van der Waals surface area contributed by atoms with E-state index in [9.17, 15) is 14.9 Å². The van der Waals surface area contributed by atoms with E-state index >= 15 is 0 Å². The van der Waals surface area contributed by atoms with Gasteiger partial charge < -0.3 is 20.3 Å². The average molecular weight is 455 g/mol. The molecule has 1 fully saturated rings. The minimum absolute atomic E-state index is 0.221. The molecule has 168 valence electrons. The van der Waals surface area contributed by atoms with Crippen molar-refractivity contribution in [3.63, 3.8) is 0 Å². The van der Waals surface area contributed by atoms with Gasteiger partial charge in [0.05, 0.1) is 19.3 Å². The van der Waals surface area contributed by atoms with Crippen LogP contribution in [0.15, 0.2) is 54.6 Å². The Morgan fingerprint density at radius 1 is 1.06 bits per heavy atom. The van der Waals surface area contributed by atoms with Gasteiger partial charge >= 0.3 is 6.03 Å². The molecule has 0 bridgehead atoms. The summed E-state index contributed by atoms with van der Waals surface area (Å²) in [6.45, 7) is 1.85. The number of morpholine rings is 1. The second-order valence-corrected chi connectivity index (χ2v) is 8.02. The molecule has 1 saturated heterocycles. The van der Waals surface area contributed by atoms with Crippen molar-refractivity contribution in [2.45, 2.75) is 31.3 Å². The lowest BCUT2D eigenvalue weighted by atomic mass is 10.0. The highest BCUT2D eigenvalue weighted by Gasteiger charge is 2.27. The number of ether oxygens (including phenoxy) is 1. The van der Waals surface area contributed by atoms with E-state index in [4.69, 9.17) is 16.3 Å². The van der Waals surface area contributed by atoms with Crippen LogP contribution in [0.4, 0.5) is 4.79 Å². The number of hydrogen-bond acceptors (Lipinski definition) is 4. The first kappa shape index (κ1) is 23.6. The number of nitrogens with zero attached hydrogens (tertiary/aromatic N) is 2. The maximum absolute atomic E-state index is 13.1. The van der Waals surface area contributed by atoms with Gasteiger partial charge in [-0.1, -0.05) is 60.1 Å². The van der Waals surface area contributed by atoms with E-state index in [-0.39, 0.29) is 12.5 Å². The zero-order valence-electron chi connectivity index (χ0n) is 17.8. The van der Waals surface area contributed by atoms with E-state index < -0.39 is 18.0 Å². The molecule has 3 rings (SSSR count). The van der Waals surface area contributed by atoms with Gasteiger partial charge in [0.1, 0.15) is 12.1 Å². The third kappa shape index (κ3) is 6.98. The molecular weight excluding hydrogens is 428 g/mol. The maximum atomic E-state index is 13.1. The predicted molar refractivity (Wildman–Crippen MR) is 122 cm³/mol. The Balaban J connectivity index is 1.67. The molecular formula is C24H27ClN4O3. The lowest BCUT2D eigenvalue weighted by molar-refractivity contribution is -0.123. The monoisotopic (exact) mass is 454 g/mol. The number of benzene rings is 2. The minimum Gasteiger partial charge on any atom is -0.378 e. The number of carbonyl (C=O) groups excluding carboxylic acids is 2. The lowest BCUT2D eigenvalue weighted by Crippen LogP contribution is -2.55. The molecule has 0 aromatic heterocycles. The van der Waals surface area contributed by atoms with Crippen molar-refractivity contribution in [1.29, 1.82) is 5.26 Å². The quantitative estimate of drug-likeness (QED) is 0.641. The van der Waals surface area contributed by atoms with E-state index in [2.05, 4.69) is 16.7 Å². The first-order valence-electron chi connectivity index (χ1n) is 10.7. The molecule has 3 amide bonds. The first-order chi connectivity index (χ1) is 15.6. The fourth-order valence-electron chi connectivity index (χ4n) is 3.50. The molecule has 0 saturated carbocycles. The molecule has 8 heteroatoms. The molecule has 1 aliphatic heterocycles. The Bertz CT molecular complexity index is 942. The smallest absolute Gasteiger partial charge is 0.318 e. The van der Waals surface area contributed by atoms with Crippen molar-refractivity contribution in [3.8, 4) is 6.07 Å². The van der Waals surface area contributed by atoms with Crippen LogP contribution < -0.4 is 10.6 Å². The van der Waals surface area contributed by atoms with Crippen LogP contribution in [0.1, 0.15) is 17.5 Å². The summed E-state index contributed by atoms with van der Waals surface area (Å²) in [4.78, 5) is 27.4. The number of nitriles is 1. The van der Waals surface area contributed by atoms with Gasteiger partial charge in [0.25, 0.3) is 0 Å². The van der Waals surface area contributed by atoms with Crippen LogP contribution in [0.5, 0.6) is 0 Å². The Labute approximate surface area is 193 Å². The zero-order valence-corrected chi connectivity index (χ0v) is 18.6. The van der Waals surface area contributed by atoms with Crippen molar-refractivity contribution in [2.75, 3.05) is 26.3 Å². The summed E-state index contributed by atoms with van der Waals surface area (Å²) in [5.74, 6) is -0.411. The number of nitrogens with one attached hydrogen (secondary N) is 2. The fraction of sp³-hybridized carbons (Fsp3) is 0.375. The molecule has 1 heterocycles. The molecule has 0 radical (unpaired) electrons. The lowest BCUT2D eigenvalue weighted by Gasteiger charge is -2.29. The summed E-state index contributed by atoms with van der Waals surface area (Å²) in [6.07, 6.45) is 1.36. The number of urea groups is 1. The molecule has 2 aromatic carbocycles. The average Bonchev–Trinajstić information content (AvgIpc) is 2.83. The van der Waals surface area contributed by atoms with Crippen LogP contribution in [0.2, 0.25) is 5.02 Å². The van der Waals surface area contributed by atoms with Crippen molar-refractivity contribution < 1.29 is 14.3 Å². The van der Waals surface area contributed by atoms with Crippen LogP contribution in [-0.4, -0.2) is 55.2 Å². The van der Waals surface area contributed by atoms with Crippen molar-refractivity contribution in [2.24, 2.45) is 0 Å². The highest BCUT2D eigenvalue weighted by atomic mass is 35.5. The molecule has 7 nitrogen and oxygen atoms in total. The normalized spacial score (nSPS) is 15.3. The molecule has 0 aliphatic carbocycles. The summed E-state index contributed by atoms with van der Waals surface area (Å²) < 4.78 is 5.29. The van der Waals surface area contributed by atoms with Crippen molar-refractivity contribution in [1.82, 2.24) is 15.5 Å². The molecule has 2 unspecified atom stereocenters. The summed E-state index contributed by atoms with van der Waals surface area (Å²) >= 11 is 6.29. The van der Waals surface area contributed by atoms with Crippen LogP contribution in [-0.2, 0) is 22.4 Å². The predicted octanol–water partition coefficient (Wildman–Crippen LogP) is 2.93. The highest BCUT2D eigenvalue weighted by Crippen LogP contribution is 2.17. The van der Waals surface area contributed by atoms with Crippen LogP contribution in [0.3, 0.4) is 0 Å². The number of amides is 3. The highest BCUT2D eigenvalue weighted by molar-refractivity contribution is 6.31. The topological polar surface area (TPSA) is 94.5 Å². The molecule has 0 spiro atoms. The summed E-state index contributed by atoms with van der Waals surface area (Å²) in [7, 11) is 0. The number of hydrogen-bond donors (Lipinski definition) is 2. The number of halogens is 1. The zero-order chi connectivity index (χ0) is 22.8. The minimum atomic E-state index is -0.863. The SMILES string of the molecule is N#CC(CCc1ccccc1)NC(=O)C(Cc1ccccc1Cl)NC(=O)N1CCOCC1. The van der Waals surface area contributed by atoms with Gasteiger partial charge in [-0.15, -0.1) is 0 Å². The molecule has 1 aliphatic rings. The number of aryl methyl sites for hydroxylation is 1. The van der Waals surface area contributed by atoms with Gasteiger partial charge in [0.15, 0.2) is 0 Å². The van der Waals surface area contributed by atoms with Gasteiger partial charge in [0, 0.05) is 24.5 Å². The third-order valence-corrected chi connectivity index (χ3v) is 5.70. The van der Waals surface area contributed by atoms with Gasteiger partial charge in [-0.05, 0) is 30.0 Å². The van der Waals surface area contributed by atoms with Gasteiger partial charge in [-0.2, -0.15) is 5.26 Å². The Hall–Kier alpha value is -3.08. The van der Waals surface area contributed by atoms with E-state index in [1.54, 1.807) is 11.0 Å². The third-order valence-electron chi connectivity index (χ3n) is 5.33. The summed E-state index contributed by atoms with van der Waals surface area (Å²) in [5, 5.41) is 15.7. The fourth-order valence-corrected chi connectivity index (χ4v) is 3.71. The molecule has 32 heavy (non-hydrogen) atoms.